The molecule has 0 atom stereocenters. The SMILES string of the molecule is CCC(CC)N(CCOC)c1ncc(C(=O)O)c(C)n1. The minimum Gasteiger partial charge on any atom is -0.478 e. The summed E-state index contributed by atoms with van der Waals surface area (Å²) in [5, 5.41) is 9.02. The van der Waals surface area contributed by atoms with Gasteiger partial charge in [-0.25, -0.2) is 14.8 Å². The number of ether oxygens (including phenoxy) is 1. The lowest BCUT2D eigenvalue weighted by atomic mass is 10.1. The van der Waals surface area contributed by atoms with Crippen LogP contribution >= 0.6 is 0 Å². The molecule has 0 amide bonds. The van der Waals surface area contributed by atoms with Gasteiger partial charge in [0.15, 0.2) is 0 Å². The van der Waals surface area contributed by atoms with Crippen LogP contribution in [-0.4, -0.2) is 47.3 Å². The second-order valence-electron chi connectivity index (χ2n) is 4.63. The Bertz CT molecular complexity index is 447. The molecular weight excluding hydrogens is 258 g/mol. The zero-order valence-electron chi connectivity index (χ0n) is 12.6. The minimum atomic E-state index is -1.000. The maximum atomic E-state index is 11.0. The van der Waals surface area contributed by atoms with Crippen LogP contribution in [-0.2, 0) is 4.74 Å². The van der Waals surface area contributed by atoms with Gasteiger partial charge in [0, 0.05) is 25.9 Å². The van der Waals surface area contributed by atoms with E-state index in [1.165, 1.54) is 6.20 Å². The summed E-state index contributed by atoms with van der Waals surface area (Å²) in [5.74, 6) is -0.432. The molecule has 112 valence electrons. The molecule has 0 saturated heterocycles. The van der Waals surface area contributed by atoms with Crippen LogP contribution in [0.2, 0.25) is 0 Å². The van der Waals surface area contributed by atoms with Crippen LogP contribution < -0.4 is 4.90 Å². The van der Waals surface area contributed by atoms with Crippen molar-refractivity contribution < 1.29 is 14.6 Å². The first kappa shape index (κ1) is 16.4. The van der Waals surface area contributed by atoms with Crippen LogP contribution in [0, 0.1) is 6.92 Å². The molecule has 1 rings (SSSR count). The van der Waals surface area contributed by atoms with Gasteiger partial charge in [-0.2, -0.15) is 0 Å². The smallest absolute Gasteiger partial charge is 0.339 e. The third-order valence-electron chi connectivity index (χ3n) is 3.37. The van der Waals surface area contributed by atoms with Gasteiger partial charge in [-0.1, -0.05) is 13.8 Å². The quantitative estimate of drug-likeness (QED) is 0.786. The Labute approximate surface area is 119 Å². The molecule has 0 aliphatic rings. The zero-order valence-corrected chi connectivity index (χ0v) is 12.6. The molecule has 0 fully saturated rings. The predicted molar refractivity (Wildman–Crippen MR) is 77.3 cm³/mol. The third kappa shape index (κ3) is 3.90. The minimum absolute atomic E-state index is 0.144. The average Bonchev–Trinajstić information content (AvgIpc) is 2.43. The standard InChI is InChI=1S/C14H23N3O3/c1-5-11(6-2)17(7-8-20-4)14-15-9-12(13(18)19)10(3)16-14/h9,11H,5-8H2,1-4H3,(H,18,19). The normalized spacial score (nSPS) is 10.8. The number of carboxylic acid groups (broad SMARTS) is 1. The molecule has 1 aromatic rings. The van der Waals surface area contributed by atoms with E-state index in [0.29, 0.717) is 30.8 Å². The first-order valence-electron chi connectivity index (χ1n) is 6.87. The summed E-state index contributed by atoms with van der Waals surface area (Å²) in [6, 6.07) is 0.320. The molecule has 0 aliphatic carbocycles. The summed E-state index contributed by atoms with van der Waals surface area (Å²) >= 11 is 0. The number of aromatic carboxylic acids is 1. The van der Waals surface area contributed by atoms with Crippen LogP contribution in [0.15, 0.2) is 6.20 Å². The molecule has 0 aliphatic heterocycles. The van der Waals surface area contributed by atoms with E-state index in [-0.39, 0.29) is 5.56 Å². The molecule has 6 nitrogen and oxygen atoms in total. The van der Waals surface area contributed by atoms with Crippen molar-refractivity contribution in [2.75, 3.05) is 25.2 Å². The fourth-order valence-corrected chi connectivity index (χ4v) is 2.17. The zero-order chi connectivity index (χ0) is 15.1. The highest BCUT2D eigenvalue weighted by molar-refractivity contribution is 5.88. The number of anilines is 1. The van der Waals surface area contributed by atoms with Gasteiger partial charge in [-0.15, -0.1) is 0 Å². The van der Waals surface area contributed by atoms with Gasteiger partial charge in [-0.05, 0) is 19.8 Å². The van der Waals surface area contributed by atoms with Crippen molar-refractivity contribution in [3.05, 3.63) is 17.5 Å². The summed E-state index contributed by atoms with van der Waals surface area (Å²) in [6.45, 7) is 7.20. The molecule has 1 aromatic heterocycles. The lowest BCUT2D eigenvalue weighted by Crippen LogP contribution is -2.38. The highest BCUT2D eigenvalue weighted by Gasteiger charge is 2.19. The Morgan fingerprint density at radius 1 is 1.45 bits per heavy atom. The van der Waals surface area contributed by atoms with Crippen molar-refractivity contribution in [3.63, 3.8) is 0 Å². The first-order valence-corrected chi connectivity index (χ1v) is 6.87. The van der Waals surface area contributed by atoms with Crippen molar-refractivity contribution in [1.82, 2.24) is 9.97 Å². The van der Waals surface area contributed by atoms with Crippen molar-refractivity contribution in [1.29, 1.82) is 0 Å². The Kier molecular flexibility index (Phi) is 6.38. The molecule has 0 aromatic carbocycles. The molecule has 1 heterocycles. The molecule has 0 radical (unpaired) electrons. The summed E-state index contributed by atoms with van der Waals surface area (Å²) in [4.78, 5) is 21.6. The first-order chi connectivity index (χ1) is 9.54. The van der Waals surface area contributed by atoms with E-state index in [0.717, 1.165) is 12.8 Å². The van der Waals surface area contributed by atoms with Gasteiger partial charge < -0.3 is 14.7 Å². The number of carboxylic acids is 1. The molecule has 0 spiro atoms. The number of hydrogen-bond acceptors (Lipinski definition) is 5. The molecule has 0 unspecified atom stereocenters. The maximum absolute atomic E-state index is 11.0. The predicted octanol–water partition coefficient (Wildman–Crippen LogP) is 2.12. The summed E-state index contributed by atoms with van der Waals surface area (Å²) < 4.78 is 5.13. The van der Waals surface area contributed by atoms with Crippen molar-refractivity contribution >= 4 is 11.9 Å². The van der Waals surface area contributed by atoms with Crippen LogP contribution in [0.1, 0.15) is 42.7 Å². The Balaban J connectivity index is 3.06. The number of aromatic nitrogens is 2. The Morgan fingerprint density at radius 3 is 2.55 bits per heavy atom. The number of rotatable bonds is 8. The number of methoxy groups -OCH3 is 1. The van der Waals surface area contributed by atoms with Gasteiger partial charge in [0.05, 0.1) is 17.9 Å². The topological polar surface area (TPSA) is 75.5 Å². The Morgan fingerprint density at radius 2 is 2.10 bits per heavy atom. The average molecular weight is 281 g/mol. The molecule has 0 bridgehead atoms. The van der Waals surface area contributed by atoms with Gasteiger partial charge in [-0.3, -0.25) is 0 Å². The second-order valence-corrected chi connectivity index (χ2v) is 4.63. The summed E-state index contributed by atoms with van der Waals surface area (Å²) in [6.07, 6.45) is 3.33. The van der Waals surface area contributed by atoms with E-state index in [4.69, 9.17) is 9.84 Å². The molecular formula is C14H23N3O3. The number of nitrogens with zero attached hydrogens (tertiary/aromatic N) is 3. The number of carbonyl (C=O) groups is 1. The second kappa shape index (κ2) is 7.79. The summed E-state index contributed by atoms with van der Waals surface area (Å²) in [5.41, 5.74) is 0.626. The van der Waals surface area contributed by atoms with Gasteiger partial charge >= 0.3 is 5.97 Å². The van der Waals surface area contributed by atoms with Gasteiger partial charge in [0.1, 0.15) is 0 Å². The van der Waals surface area contributed by atoms with Crippen LogP contribution in [0.25, 0.3) is 0 Å². The highest BCUT2D eigenvalue weighted by Crippen LogP contribution is 2.17. The van der Waals surface area contributed by atoms with E-state index < -0.39 is 5.97 Å². The van der Waals surface area contributed by atoms with E-state index in [1.807, 2.05) is 0 Å². The maximum Gasteiger partial charge on any atom is 0.339 e. The van der Waals surface area contributed by atoms with E-state index in [2.05, 4.69) is 28.7 Å². The van der Waals surface area contributed by atoms with E-state index in [9.17, 15) is 4.79 Å². The van der Waals surface area contributed by atoms with E-state index in [1.54, 1.807) is 14.0 Å². The monoisotopic (exact) mass is 281 g/mol. The van der Waals surface area contributed by atoms with Crippen LogP contribution in [0.5, 0.6) is 0 Å². The lowest BCUT2D eigenvalue weighted by molar-refractivity contribution is 0.0695. The number of hydrogen-bond donors (Lipinski definition) is 1. The largest absolute Gasteiger partial charge is 0.478 e. The van der Waals surface area contributed by atoms with E-state index >= 15 is 0 Å². The van der Waals surface area contributed by atoms with Crippen molar-refractivity contribution in [2.24, 2.45) is 0 Å². The summed E-state index contributed by atoms with van der Waals surface area (Å²) in [7, 11) is 1.66. The fraction of sp³-hybridized carbons (Fsp3) is 0.643. The third-order valence-corrected chi connectivity index (χ3v) is 3.37. The molecule has 1 N–H and O–H groups in total. The molecule has 0 saturated carbocycles. The van der Waals surface area contributed by atoms with Gasteiger partial charge in [0.25, 0.3) is 0 Å². The highest BCUT2D eigenvalue weighted by atomic mass is 16.5. The van der Waals surface area contributed by atoms with Crippen molar-refractivity contribution in [3.8, 4) is 0 Å². The van der Waals surface area contributed by atoms with Gasteiger partial charge in [0.2, 0.25) is 5.95 Å². The Hall–Kier alpha value is -1.69. The van der Waals surface area contributed by atoms with Crippen molar-refractivity contribution in [2.45, 2.75) is 39.7 Å². The fourth-order valence-electron chi connectivity index (χ4n) is 2.17. The molecule has 6 heteroatoms. The van der Waals surface area contributed by atoms with Crippen LogP contribution in [0.4, 0.5) is 5.95 Å². The molecule has 20 heavy (non-hydrogen) atoms. The van der Waals surface area contributed by atoms with Crippen LogP contribution in [0.3, 0.4) is 0 Å². The number of aryl methyl sites for hydroxylation is 1. The lowest BCUT2D eigenvalue weighted by Gasteiger charge is -2.30.